The number of unbranched alkanes of at least 4 members (excludes halogenated alkanes) is 7. The van der Waals surface area contributed by atoms with Gasteiger partial charge in [0, 0.05) is 24.3 Å². The van der Waals surface area contributed by atoms with Gasteiger partial charge in [-0.05, 0) is 92.4 Å². The molecule has 1 N–H and O–H groups in total. The number of hydrogen-bond donors (Lipinski definition) is 1. The summed E-state index contributed by atoms with van der Waals surface area (Å²) in [5, 5.41) is 17.6. The van der Waals surface area contributed by atoms with Crippen molar-refractivity contribution in [2.24, 2.45) is 10.2 Å². The Hall–Kier alpha value is -3.46. The van der Waals surface area contributed by atoms with Crippen LogP contribution in [0.4, 0.5) is 11.4 Å². The van der Waals surface area contributed by atoms with Crippen LogP contribution in [-0.2, 0) is 11.2 Å². The molecule has 5 nitrogen and oxygen atoms in total. The van der Waals surface area contributed by atoms with Gasteiger partial charge in [-0.3, -0.25) is 0 Å². The first kappa shape index (κ1) is 30.1. The number of hydrogen-bond acceptors (Lipinski definition) is 5. The van der Waals surface area contributed by atoms with Crippen molar-refractivity contribution in [2.45, 2.75) is 64.7 Å². The lowest BCUT2D eigenvalue weighted by Gasteiger charge is -2.05. The van der Waals surface area contributed by atoms with Crippen molar-refractivity contribution in [3.05, 3.63) is 89.5 Å². The molecule has 0 spiro atoms. The molecule has 0 radical (unpaired) electrons. The highest BCUT2D eigenvalue weighted by Crippen LogP contribution is 2.20. The average molecular weight is 527 g/mol. The summed E-state index contributed by atoms with van der Waals surface area (Å²) in [5.74, 6) is 7.20. The van der Waals surface area contributed by atoms with Crippen LogP contribution in [0.5, 0.6) is 5.75 Å². The largest absolute Gasteiger partial charge is 0.491 e. The molecular weight excluding hydrogens is 484 g/mol. The standard InChI is InChI=1S/C34H42N2O3/c1-2-38-27-28-39-34-24-18-31(19-25-34)13-12-30-16-22-33(23-17-30)36-35-32-20-14-29(15-21-32)11-9-7-5-3-4-6-8-10-26-37/h14-25,37H,2-11,26-28H2,1H3. The summed E-state index contributed by atoms with van der Waals surface area (Å²) < 4.78 is 10.9. The second-order valence-corrected chi connectivity index (χ2v) is 9.54. The smallest absolute Gasteiger partial charge is 0.119 e. The van der Waals surface area contributed by atoms with Crippen LogP contribution in [-0.4, -0.2) is 31.5 Å². The molecular formula is C34H42N2O3. The molecule has 0 heterocycles. The van der Waals surface area contributed by atoms with Crippen LogP contribution in [0.15, 0.2) is 83.0 Å². The number of benzene rings is 3. The Labute approximate surface area is 234 Å². The molecule has 0 atom stereocenters. The van der Waals surface area contributed by atoms with Crippen LogP contribution in [0.2, 0.25) is 0 Å². The van der Waals surface area contributed by atoms with Gasteiger partial charge in [0.2, 0.25) is 0 Å². The third-order valence-corrected chi connectivity index (χ3v) is 6.36. The van der Waals surface area contributed by atoms with E-state index < -0.39 is 0 Å². The van der Waals surface area contributed by atoms with Crippen LogP contribution in [0, 0.1) is 11.8 Å². The Balaban J connectivity index is 1.37. The van der Waals surface area contributed by atoms with Crippen LogP contribution in [0.1, 0.15) is 75.0 Å². The molecule has 206 valence electrons. The van der Waals surface area contributed by atoms with E-state index in [2.05, 4.69) is 34.2 Å². The Morgan fingerprint density at radius 2 is 1.13 bits per heavy atom. The predicted molar refractivity (Wildman–Crippen MR) is 159 cm³/mol. The maximum absolute atomic E-state index is 8.81. The summed E-state index contributed by atoms with van der Waals surface area (Å²) in [6, 6.07) is 24.0. The third-order valence-electron chi connectivity index (χ3n) is 6.36. The molecule has 0 amide bonds. The monoisotopic (exact) mass is 526 g/mol. The van der Waals surface area contributed by atoms with E-state index in [9.17, 15) is 0 Å². The summed E-state index contributed by atoms with van der Waals surface area (Å²) in [5.41, 5.74) is 4.87. The van der Waals surface area contributed by atoms with Crippen LogP contribution in [0.3, 0.4) is 0 Å². The number of azo groups is 1. The Kier molecular flexibility index (Phi) is 14.5. The van der Waals surface area contributed by atoms with Crippen molar-refractivity contribution in [3.8, 4) is 17.6 Å². The molecule has 3 aromatic rings. The van der Waals surface area contributed by atoms with Crippen LogP contribution in [0.25, 0.3) is 0 Å². The number of rotatable bonds is 17. The molecule has 5 heteroatoms. The van der Waals surface area contributed by atoms with Crippen LogP contribution < -0.4 is 4.74 Å². The summed E-state index contributed by atoms with van der Waals surface area (Å²) in [6.45, 7) is 4.13. The minimum absolute atomic E-state index is 0.327. The van der Waals surface area contributed by atoms with E-state index in [0.717, 1.165) is 47.5 Å². The molecule has 0 saturated carbocycles. The number of ether oxygens (including phenoxy) is 2. The molecule has 39 heavy (non-hydrogen) atoms. The molecule has 0 aliphatic carbocycles. The maximum atomic E-state index is 8.81. The Bertz CT molecular complexity index is 1140. The fourth-order valence-electron chi connectivity index (χ4n) is 4.10. The van der Waals surface area contributed by atoms with Crippen molar-refractivity contribution in [1.29, 1.82) is 0 Å². The maximum Gasteiger partial charge on any atom is 0.119 e. The first-order valence-electron chi connectivity index (χ1n) is 14.3. The Morgan fingerprint density at radius 3 is 1.69 bits per heavy atom. The number of nitrogens with zero attached hydrogens (tertiary/aromatic N) is 2. The molecule has 0 aliphatic rings. The van der Waals surface area contributed by atoms with Gasteiger partial charge in [0.05, 0.1) is 18.0 Å². The van der Waals surface area contributed by atoms with Crippen molar-refractivity contribution < 1.29 is 14.6 Å². The van der Waals surface area contributed by atoms with E-state index in [-0.39, 0.29) is 0 Å². The van der Waals surface area contributed by atoms with Crippen molar-refractivity contribution in [1.82, 2.24) is 0 Å². The Morgan fingerprint density at radius 1 is 0.615 bits per heavy atom. The number of aryl methyl sites for hydroxylation is 1. The third kappa shape index (κ3) is 12.8. The van der Waals surface area contributed by atoms with E-state index in [4.69, 9.17) is 14.6 Å². The lowest BCUT2D eigenvalue weighted by Crippen LogP contribution is -2.06. The van der Waals surface area contributed by atoms with Gasteiger partial charge >= 0.3 is 0 Å². The van der Waals surface area contributed by atoms with Gasteiger partial charge in [-0.1, -0.05) is 62.5 Å². The minimum atomic E-state index is 0.327. The second-order valence-electron chi connectivity index (χ2n) is 9.54. The zero-order valence-electron chi connectivity index (χ0n) is 23.3. The van der Waals surface area contributed by atoms with Gasteiger partial charge in [-0.2, -0.15) is 10.2 Å². The van der Waals surface area contributed by atoms with Crippen molar-refractivity contribution in [2.75, 3.05) is 26.4 Å². The highest BCUT2D eigenvalue weighted by Gasteiger charge is 1.98. The summed E-state index contributed by atoms with van der Waals surface area (Å²) in [6.07, 6.45) is 10.8. The average Bonchev–Trinajstić information content (AvgIpc) is 2.98. The number of aliphatic hydroxyl groups excluding tert-OH is 1. The van der Waals surface area contributed by atoms with Crippen molar-refractivity contribution >= 4 is 11.4 Å². The normalized spacial score (nSPS) is 10.9. The van der Waals surface area contributed by atoms with Gasteiger partial charge in [0.1, 0.15) is 12.4 Å². The summed E-state index contributed by atoms with van der Waals surface area (Å²) in [7, 11) is 0. The SMILES string of the molecule is CCOCCOc1ccc(C#Cc2ccc(N=Nc3ccc(CCCCCCCCCCO)cc3)cc2)cc1. The zero-order chi connectivity index (χ0) is 27.4. The summed E-state index contributed by atoms with van der Waals surface area (Å²) >= 11 is 0. The van der Waals surface area contributed by atoms with Crippen LogP contribution >= 0.6 is 0 Å². The molecule has 0 bridgehead atoms. The second kappa shape index (κ2) is 18.7. The predicted octanol–water partition coefficient (Wildman–Crippen LogP) is 8.57. The van der Waals surface area contributed by atoms with Gasteiger partial charge in [-0.15, -0.1) is 0 Å². The van der Waals surface area contributed by atoms with E-state index in [1.807, 2.05) is 67.6 Å². The molecule has 0 unspecified atom stereocenters. The first-order chi connectivity index (χ1) is 19.3. The minimum Gasteiger partial charge on any atom is -0.491 e. The topological polar surface area (TPSA) is 63.4 Å². The molecule has 0 aliphatic heterocycles. The van der Waals surface area contributed by atoms with Gasteiger partial charge < -0.3 is 14.6 Å². The van der Waals surface area contributed by atoms with Gasteiger partial charge in [0.25, 0.3) is 0 Å². The molecule has 0 fully saturated rings. The molecule has 0 saturated heterocycles. The van der Waals surface area contributed by atoms with Gasteiger partial charge in [-0.25, -0.2) is 0 Å². The van der Waals surface area contributed by atoms with E-state index >= 15 is 0 Å². The van der Waals surface area contributed by atoms with E-state index in [0.29, 0.717) is 26.4 Å². The zero-order valence-corrected chi connectivity index (χ0v) is 23.3. The van der Waals surface area contributed by atoms with E-state index in [1.165, 1.54) is 44.1 Å². The lowest BCUT2D eigenvalue weighted by atomic mass is 10.0. The summed E-state index contributed by atoms with van der Waals surface area (Å²) in [4.78, 5) is 0. The fraction of sp³-hybridized carbons (Fsp3) is 0.412. The highest BCUT2D eigenvalue weighted by molar-refractivity contribution is 5.48. The van der Waals surface area contributed by atoms with Crippen molar-refractivity contribution in [3.63, 3.8) is 0 Å². The molecule has 3 aromatic carbocycles. The van der Waals surface area contributed by atoms with Gasteiger partial charge in [0.15, 0.2) is 0 Å². The number of aliphatic hydroxyl groups is 1. The molecule has 0 aromatic heterocycles. The quantitative estimate of drug-likeness (QED) is 0.109. The molecule has 3 rings (SSSR count). The highest BCUT2D eigenvalue weighted by atomic mass is 16.5. The lowest BCUT2D eigenvalue weighted by molar-refractivity contribution is 0.110. The fourth-order valence-corrected chi connectivity index (χ4v) is 4.10. The first-order valence-corrected chi connectivity index (χ1v) is 14.3. The van der Waals surface area contributed by atoms with E-state index in [1.54, 1.807) is 0 Å².